The Labute approximate surface area is 184 Å². The Morgan fingerprint density at radius 1 is 0.742 bits per heavy atom. The number of benzene rings is 4. The van der Waals surface area contributed by atoms with Gasteiger partial charge < -0.3 is 4.74 Å². The van der Waals surface area contributed by atoms with Crippen LogP contribution in [0.5, 0.6) is 5.75 Å². The zero-order valence-electron chi connectivity index (χ0n) is 17.7. The van der Waals surface area contributed by atoms with Gasteiger partial charge in [0.05, 0.1) is 6.04 Å². The fourth-order valence-electron chi connectivity index (χ4n) is 5.58. The standard InChI is InChI=1S/C29H27NO/c1-3-10-21(11-4-1)20-24-15-9-17-27-30(24)29(23-13-5-2-6-14-23)28-25-16-8-7-12-22(25)18-19-26(28)31-27/h1-8,10-14,16,18-19,24,27,29H,9,15,17,20H2/t24-,27+,29-/m0/s1. The lowest BCUT2D eigenvalue weighted by atomic mass is 9.85. The van der Waals surface area contributed by atoms with Gasteiger partial charge in [-0.15, -0.1) is 0 Å². The van der Waals surface area contributed by atoms with Crippen LogP contribution in [0, 0.1) is 0 Å². The van der Waals surface area contributed by atoms with E-state index in [9.17, 15) is 0 Å². The van der Waals surface area contributed by atoms with Gasteiger partial charge >= 0.3 is 0 Å². The minimum absolute atomic E-state index is 0.126. The highest BCUT2D eigenvalue weighted by Crippen LogP contribution is 2.48. The number of fused-ring (bicyclic) bond motifs is 4. The summed E-state index contributed by atoms with van der Waals surface area (Å²) in [5, 5.41) is 2.58. The van der Waals surface area contributed by atoms with E-state index in [0.29, 0.717) is 6.04 Å². The molecule has 2 nitrogen and oxygen atoms in total. The van der Waals surface area contributed by atoms with Crippen LogP contribution in [0.2, 0.25) is 0 Å². The molecule has 2 aliphatic rings. The van der Waals surface area contributed by atoms with Crippen molar-refractivity contribution in [1.82, 2.24) is 4.90 Å². The summed E-state index contributed by atoms with van der Waals surface area (Å²) in [5.74, 6) is 1.05. The van der Waals surface area contributed by atoms with Gasteiger partial charge in [-0.25, -0.2) is 0 Å². The summed E-state index contributed by atoms with van der Waals surface area (Å²) in [6, 6.07) is 35.7. The molecule has 1 fully saturated rings. The van der Waals surface area contributed by atoms with E-state index in [0.717, 1.165) is 18.6 Å². The van der Waals surface area contributed by atoms with E-state index in [2.05, 4.69) is 102 Å². The van der Waals surface area contributed by atoms with Gasteiger partial charge in [0.2, 0.25) is 0 Å². The second kappa shape index (κ2) is 7.86. The van der Waals surface area contributed by atoms with Crippen molar-refractivity contribution in [2.75, 3.05) is 0 Å². The molecule has 0 radical (unpaired) electrons. The van der Waals surface area contributed by atoms with E-state index in [1.807, 2.05) is 0 Å². The third-order valence-corrected chi connectivity index (χ3v) is 6.94. The molecule has 0 N–H and O–H groups in total. The highest BCUT2D eigenvalue weighted by molar-refractivity contribution is 5.89. The number of piperidine rings is 1. The number of rotatable bonds is 3. The van der Waals surface area contributed by atoms with Gasteiger partial charge in [0.1, 0.15) is 5.75 Å². The van der Waals surface area contributed by atoms with Crippen LogP contribution in [0.3, 0.4) is 0 Å². The maximum Gasteiger partial charge on any atom is 0.153 e. The van der Waals surface area contributed by atoms with Crippen LogP contribution in [-0.2, 0) is 6.42 Å². The Kier molecular flexibility index (Phi) is 4.73. The Morgan fingerprint density at radius 2 is 1.48 bits per heavy atom. The van der Waals surface area contributed by atoms with Crippen LogP contribution < -0.4 is 4.74 Å². The molecule has 0 unspecified atom stereocenters. The monoisotopic (exact) mass is 405 g/mol. The van der Waals surface area contributed by atoms with Crippen LogP contribution >= 0.6 is 0 Å². The second-order valence-electron chi connectivity index (χ2n) is 8.81. The number of hydrogen-bond donors (Lipinski definition) is 0. The minimum Gasteiger partial charge on any atom is -0.475 e. The van der Waals surface area contributed by atoms with E-state index >= 15 is 0 Å². The van der Waals surface area contributed by atoms with Crippen LogP contribution in [0.25, 0.3) is 10.8 Å². The molecule has 4 aromatic carbocycles. The van der Waals surface area contributed by atoms with Crippen LogP contribution in [0.1, 0.15) is 42.0 Å². The molecule has 1 saturated heterocycles. The molecule has 6 rings (SSSR count). The highest BCUT2D eigenvalue weighted by Gasteiger charge is 2.43. The van der Waals surface area contributed by atoms with Crippen LogP contribution in [0.4, 0.5) is 0 Å². The van der Waals surface area contributed by atoms with Crippen LogP contribution in [-0.4, -0.2) is 17.2 Å². The first-order valence-corrected chi connectivity index (χ1v) is 11.4. The van der Waals surface area contributed by atoms with Crippen molar-refractivity contribution >= 4 is 10.8 Å². The first kappa shape index (κ1) is 18.7. The van der Waals surface area contributed by atoms with Crippen molar-refractivity contribution in [2.45, 2.75) is 44.0 Å². The van der Waals surface area contributed by atoms with Crippen molar-refractivity contribution in [3.05, 3.63) is 114 Å². The van der Waals surface area contributed by atoms with E-state index < -0.39 is 0 Å². The summed E-state index contributed by atoms with van der Waals surface area (Å²) < 4.78 is 6.69. The lowest BCUT2D eigenvalue weighted by molar-refractivity contribution is -0.0743. The molecule has 31 heavy (non-hydrogen) atoms. The van der Waals surface area contributed by atoms with Gasteiger partial charge in [-0.2, -0.15) is 0 Å². The number of hydrogen-bond acceptors (Lipinski definition) is 2. The summed E-state index contributed by atoms with van der Waals surface area (Å²) >= 11 is 0. The van der Waals surface area contributed by atoms with Crippen molar-refractivity contribution in [3.63, 3.8) is 0 Å². The molecule has 2 heteroatoms. The van der Waals surface area contributed by atoms with Gasteiger partial charge in [-0.05, 0) is 53.6 Å². The third kappa shape index (κ3) is 3.32. The van der Waals surface area contributed by atoms with Gasteiger partial charge in [-0.1, -0.05) is 91.0 Å². The summed E-state index contributed by atoms with van der Waals surface area (Å²) in [4.78, 5) is 2.68. The Hall–Kier alpha value is -3.10. The molecular weight excluding hydrogens is 378 g/mol. The lowest BCUT2D eigenvalue weighted by Gasteiger charge is -2.50. The molecule has 0 bridgehead atoms. The first-order chi connectivity index (χ1) is 15.4. The van der Waals surface area contributed by atoms with E-state index in [-0.39, 0.29) is 12.3 Å². The number of ether oxygens (including phenoxy) is 1. The molecule has 0 aliphatic carbocycles. The molecular formula is C29H27NO. The normalized spacial score (nSPS) is 23.0. The van der Waals surface area contributed by atoms with Crippen LogP contribution in [0.15, 0.2) is 97.1 Å². The van der Waals surface area contributed by atoms with Gasteiger partial charge in [-0.3, -0.25) is 4.90 Å². The highest BCUT2D eigenvalue weighted by atomic mass is 16.5. The Morgan fingerprint density at radius 3 is 2.32 bits per heavy atom. The van der Waals surface area contributed by atoms with Gasteiger partial charge in [0, 0.05) is 11.6 Å². The lowest BCUT2D eigenvalue weighted by Crippen LogP contribution is -2.54. The van der Waals surface area contributed by atoms with E-state index in [4.69, 9.17) is 4.74 Å². The van der Waals surface area contributed by atoms with Crippen molar-refractivity contribution < 1.29 is 4.74 Å². The summed E-state index contributed by atoms with van der Waals surface area (Å²) in [6.07, 6.45) is 4.69. The zero-order chi connectivity index (χ0) is 20.6. The maximum atomic E-state index is 6.69. The molecule has 3 atom stereocenters. The zero-order valence-corrected chi connectivity index (χ0v) is 17.7. The number of nitrogens with zero attached hydrogens (tertiary/aromatic N) is 1. The minimum atomic E-state index is 0.126. The van der Waals surface area contributed by atoms with Gasteiger partial charge in [0.25, 0.3) is 0 Å². The molecule has 0 saturated carbocycles. The molecule has 2 aliphatic heterocycles. The maximum absolute atomic E-state index is 6.69. The third-order valence-electron chi connectivity index (χ3n) is 6.94. The summed E-state index contributed by atoms with van der Waals surface area (Å²) in [7, 11) is 0. The predicted molar refractivity (Wildman–Crippen MR) is 126 cm³/mol. The molecule has 0 aromatic heterocycles. The van der Waals surface area contributed by atoms with E-state index in [1.165, 1.54) is 40.3 Å². The van der Waals surface area contributed by atoms with E-state index in [1.54, 1.807) is 0 Å². The van der Waals surface area contributed by atoms with Gasteiger partial charge in [0.15, 0.2) is 6.23 Å². The molecule has 4 aromatic rings. The first-order valence-electron chi connectivity index (χ1n) is 11.4. The van der Waals surface area contributed by atoms with Crippen molar-refractivity contribution in [2.24, 2.45) is 0 Å². The summed E-state index contributed by atoms with van der Waals surface area (Å²) in [6.45, 7) is 0. The van der Waals surface area contributed by atoms with Crippen molar-refractivity contribution in [1.29, 1.82) is 0 Å². The average molecular weight is 406 g/mol. The fraction of sp³-hybridized carbons (Fsp3) is 0.241. The SMILES string of the molecule is c1ccc(C[C@@H]2CCC[C@H]3Oc4ccc5ccccc5c4[C@H](c4ccccc4)N23)cc1. The fourth-order valence-corrected chi connectivity index (χ4v) is 5.58. The molecule has 0 spiro atoms. The summed E-state index contributed by atoms with van der Waals surface area (Å²) in [5.41, 5.74) is 4.08. The largest absolute Gasteiger partial charge is 0.475 e. The quantitative estimate of drug-likeness (QED) is 0.374. The second-order valence-corrected chi connectivity index (χ2v) is 8.81. The molecule has 0 amide bonds. The molecule has 154 valence electrons. The molecule has 2 heterocycles. The topological polar surface area (TPSA) is 12.5 Å². The smallest absolute Gasteiger partial charge is 0.153 e. The Bertz CT molecular complexity index is 1190. The predicted octanol–water partition coefficient (Wildman–Crippen LogP) is 6.74. The average Bonchev–Trinajstić information content (AvgIpc) is 2.84. The Balaban J connectivity index is 1.53. The van der Waals surface area contributed by atoms with Crippen molar-refractivity contribution in [3.8, 4) is 5.75 Å².